The number of nitrogens with zero attached hydrogens (tertiary/aromatic N) is 2. The van der Waals surface area contributed by atoms with Gasteiger partial charge in [0.2, 0.25) is 10.0 Å². The summed E-state index contributed by atoms with van der Waals surface area (Å²) in [5.41, 5.74) is 5.47. The van der Waals surface area contributed by atoms with Crippen LogP contribution in [0.5, 0.6) is 0 Å². The van der Waals surface area contributed by atoms with E-state index in [2.05, 4.69) is 4.98 Å². The number of thiophene rings is 1. The molecule has 0 aliphatic carbocycles. The quantitative estimate of drug-likeness (QED) is 0.918. The van der Waals surface area contributed by atoms with Crippen molar-refractivity contribution in [2.75, 3.05) is 12.8 Å². The van der Waals surface area contributed by atoms with Gasteiger partial charge in [-0.1, -0.05) is 23.2 Å². The van der Waals surface area contributed by atoms with Gasteiger partial charge in [-0.05, 0) is 18.2 Å². The van der Waals surface area contributed by atoms with E-state index in [4.69, 9.17) is 28.9 Å². The summed E-state index contributed by atoms with van der Waals surface area (Å²) in [6.45, 7) is 0.224. The molecule has 2 aromatic rings. The SMILES string of the molecule is CN(Cc1ccc(Cl)s1)S(=O)(=O)c1cnc(N)c(Cl)c1. The molecule has 2 N–H and O–H groups in total. The molecular weight excluding hydrogens is 341 g/mol. The molecule has 0 aliphatic rings. The number of aromatic nitrogens is 1. The van der Waals surface area contributed by atoms with Crippen LogP contribution in [-0.2, 0) is 16.6 Å². The molecule has 0 aliphatic heterocycles. The first kappa shape index (κ1) is 15.5. The summed E-state index contributed by atoms with van der Waals surface area (Å²) < 4.78 is 26.6. The monoisotopic (exact) mass is 351 g/mol. The highest BCUT2D eigenvalue weighted by molar-refractivity contribution is 7.89. The molecule has 0 atom stereocenters. The Hall–Kier alpha value is -0.860. The highest BCUT2D eigenvalue weighted by atomic mass is 35.5. The number of sulfonamides is 1. The van der Waals surface area contributed by atoms with Gasteiger partial charge in [-0.25, -0.2) is 13.4 Å². The van der Waals surface area contributed by atoms with Gasteiger partial charge in [-0.3, -0.25) is 0 Å². The molecule has 0 unspecified atom stereocenters. The summed E-state index contributed by atoms with van der Waals surface area (Å²) in [4.78, 5) is 4.60. The Labute approximate surface area is 131 Å². The van der Waals surface area contributed by atoms with Crippen molar-refractivity contribution in [3.8, 4) is 0 Å². The Morgan fingerprint density at radius 2 is 2.10 bits per heavy atom. The fraction of sp³-hybridized carbons (Fsp3) is 0.182. The van der Waals surface area contributed by atoms with E-state index < -0.39 is 10.0 Å². The number of nitrogens with two attached hydrogens (primary N) is 1. The van der Waals surface area contributed by atoms with Crippen molar-refractivity contribution in [2.45, 2.75) is 11.4 Å². The van der Waals surface area contributed by atoms with Crippen LogP contribution in [0, 0.1) is 0 Å². The first-order chi connectivity index (χ1) is 9.30. The van der Waals surface area contributed by atoms with Crippen LogP contribution in [0.4, 0.5) is 5.82 Å². The Bertz CT molecular complexity index is 731. The minimum atomic E-state index is -3.67. The van der Waals surface area contributed by atoms with Gasteiger partial charge in [0, 0.05) is 24.7 Å². The van der Waals surface area contributed by atoms with E-state index in [0.29, 0.717) is 4.34 Å². The number of halogens is 2. The predicted molar refractivity (Wildman–Crippen MR) is 81.6 cm³/mol. The molecule has 2 aromatic heterocycles. The van der Waals surface area contributed by atoms with Gasteiger partial charge < -0.3 is 5.73 Å². The Morgan fingerprint density at radius 3 is 2.65 bits per heavy atom. The van der Waals surface area contributed by atoms with Crippen molar-refractivity contribution in [2.24, 2.45) is 0 Å². The first-order valence-corrected chi connectivity index (χ1v) is 8.43. The summed E-state index contributed by atoms with van der Waals surface area (Å²) in [5.74, 6) is 0.0957. The maximum absolute atomic E-state index is 12.4. The van der Waals surface area contributed by atoms with Crippen LogP contribution in [0.1, 0.15) is 4.88 Å². The number of rotatable bonds is 4. The van der Waals surface area contributed by atoms with Gasteiger partial charge in [0.05, 0.1) is 9.36 Å². The van der Waals surface area contributed by atoms with E-state index in [-0.39, 0.29) is 22.3 Å². The van der Waals surface area contributed by atoms with Gasteiger partial charge in [0.1, 0.15) is 10.7 Å². The second kappa shape index (κ2) is 5.87. The molecule has 0 amide bonds. The maximum Gasteiger partial charge on any atom is 0.244 e. The lowest BCUT2D eigenvalue weighted by atomic mass is 10.5. The molecule has 0 spiro atoms. The zero-order valence-corrected chi connectivity index (χ0v) is 13.5. The Balaban J connectivity index is 2.27. The molecule has 9 heteroatoms. The molecule has 2 heterocycles. The third-order valence-corrected chi connectivity index (χ3v) is 5.85. The van der Waals surface area contributed by atoms with E-state index in [1.807, 2.05) is 0 Å². The Kier molecular flexibility index (Phi) is 4.55. The molecular formula is C11H11Cl2N3O2S2. The summed E-state index contributed by atoms with van der Waals surface area (Å²) in [6.07, 6.45) is 1.19. The van der Waals surface area contributed by atoms with E-state index in [0.717, 1.165) is 4.88 Å². The van der Waals surface area contributed by atoms with Crippen molar-refractivity contribution >= 4 is 50.4 Å². The number of nitrogen functional groups attached to an aromatic ring is 1. The minimum Gasteiger partial charge on any atom is -0.382 e. The number of hydrogen-bond donors (Lipinski definition) is 1. The average molecular weight is 352 g/mol. The zero-order valence-electron chi connectivity index (χ0n) is 10.4. The molecule has 5 nitrogen and oxygen atoms in total. The second-order valence-electron chi connectivity index (χ2n) is 4.00. The lowest BCUT2D eigenvalue weighted by Gasteiger charge is -2.16. The van der Waals surface area contributed by atoms with Crippen LogP contribution >= 0.6 is 34.5 Å². The van der Waals surface area contributed by atoms with Crippen LogP contribution < -0.4 is 5.73 Å². The van der Waals surface area contributed by atoms with Crippen LogP contribution in [0.2, 0.25) is 9.36 Å². The molecule has 2 rings (SSSR count). The number of pyridine rings is 1. The maximum atomic E-state index is 12.4. The molecule has 108 valence electrons. The molecule has 0 saturated heterocycles. The first-order valence-electron chi connectivity index (χ1n) is 5.42. The standard InChI is InChI=1S/C11H11Cl2N3O2S2/c1-16(6-7-2-3-10(13)19-7)20(17,18)8-4-9(12)11(14)15-5-8/h2-5H,6H2,1H3,(H2,14,15). The van der Waals surface area contributed by atoms with E-state index in [9.17, 15) is 8.42 Å². The highest BCUT2D eigenvalue weighted by Gasteiger charge is 2.22. The van der Waals surface area contributed by atoms with Crippen LogP contribution in [0.25, 0.3) is 0 Å². The van der Waals surface area contributed by atoms with Gasteiger partial charge in [-0.2, -0.15) is 4.31 Å². The summed E-state index contributed by atoms with van der Waals surface area (Å²) in [6, 6.07) is 4.80. The van der Waals surface area contributed by atoms with Gasteiger partial charge in [0.25, 0.3) is 0 Å². The number of anilines is 1. The molecule has 0 aromatic carbocycles. The molecule has 0 fully saturated rings. The van der Waals surface area contributed by atoms with Crippen molar-refractivity contribution in [3.63, 3.8) is 0 Å². The fourth-order valence-corrected chi connectivity index (χ4v) is 4.07. The fourth-order valence-electron chi connectivity index (χ4n) is 1.49. The average Bonchev–Trinajstić information content (AvgIpc) is 2.78. The number of hydrogen-bond acceptors (Lipinski definition) is 5. The smallest absolute Gasteiger partial charge is 0.244 e. The normalized spacial score (nSPS) is 12.0. The largest absolute Gasteiger partial charge is 0.382 e. The van der Waals surface area contributed by atoms with Gasteiger partial charge in [-0.15, -0.1) is 11.3 Å². The topological polar surface area (TPSA) is 76.3 Å². The van der Waals surface area contributed by atoms with E-state index in [1.54, 1.807) is 12.1 Å². The predicted octanol–water partition coefficient (Wildman–Crippen LogP) is 2.85. The summed E-state index contributed by atoms with van der Waals surface area (Å²) in [5, 5.41) is 0.110. The third-order valence-electron chi connectivity index (χ3n) is 2.56. The van der Waals surface area contributed by atoms with Crippen LogP contribution in [-0.4, -0.2) is 24.8 Å². The minimum absolute atomic E-state index is 0.00172. The highest BCUT2D eigenvalue weighted by Crippen LogP contribution is 2.26. The lowest BCUT2D eigenvalue weighted by Crippen LogP contribution is -2.26. The van der Waals surface area contributed by atoms with Crippen LogP contribution in [0.15, 0.2) is 29.3 Å². The van der Waals surface area contributed by atoms with Crippen molar-refractivity contribution in [3.05, 3.63) is 38.6 Å². The zero-order chi connectivity index (χ0) is 14.9. The van der Waals surface area contributed by atoms with Crippen LogP contribution in [0.3, 0.4) is 0 Å². The third kappa shape index (κ3) is 3.24. The summed E-state index contributed by atoms with van der Waals surface area (Å²) >= 11 is 13.0. The molecule has 20 heavy (non-hydrogen) atoms. The second-order valence-corrected chi connectivity index (χ2v) is 8.26. The summed E-state index contributed by atoms with van der Waals surface area (Å²) in [7, 11) is -2.19. The van der Waals surface area contributed by atoms with Gasteiger partial charge in [0.15, 0.2) is 0 Å². The molecule has 0 saturated carbocycles. The lowest BCUT2D eigenvalue weighted by molar-refractivity contribution is 0.469. The molecule has 0 radical (unpaired) electrons. The van der Waals surface area contributed by atoms with Crippen molar-refractivity contribution in [1.82, 2.24) is 9.29 Å². The van der Waals surface area contributed by atoms with Crippen molar-refractivity contribution < 1.29 is 8.42 Å². The van der Waals surface area contributed by atoms with E-state index in [1.165, 1.54) is 35.0 Å². The molecule has 0 bridgehead atoms. The Morgan fingerprint density at radius 1 is 1.40 bits per heavy atom. The van der Waals surface area contributed by atoms with Crippen molar-refractivity contribution in [1.29, 1.82) is 0 Å². The van der Waals surface area contributed by atoms with E-state index >= 15 is 0 Å². The van der Waals surface area contributed by atoms with Gasteiger partial charge >= 0.3 is 0 Å².